The fourth-order valence-corrected chi connectivity index (χ4v) is 2.40. The Hall–Kier alpha value is -1.31. The van der Waals surface area contributed by atoms with Gasteiger partial charge in [0.1, 0.15) is 0 Å². The highest BCUT2D eigenvalue weighted by Gasteiger charge is 2.14. The lowest BCUT2D eigenvalue weighted by Gasteiger charge is -2.12. The second-order valence-corrected chi connectivity index (χ2v) is 4.66. The normalized spacial score (nSPS) is 15.6. The fraction of sp³-hybridized carbons (Fsp3) is 0.500. The van der Waals surface area contributed by atoms with Crippen LogP contribution in [0.1, 0.15) is 42.4 Å². The molecule has 1 aliphatic carbocycles. The van der Waals surface area contributed by atoms with E-state index in [0.717, 1.165) is 0 Å². The maximum Gasteiger partial charge on any atom is 0.220 e. The molecule has 0 radical (unpaired) electrons. The first-order valence-electron chi connectivity index (χ1n) is 6.03. The summed E-state index contributed by atoms with van der Waals surface area (Å²) in [7, 11) is 1.69. The van der Waals surface area contributed by atoms with Crippen LogP contribution in [0.25, 0.3) is 0 Å². The van der Waals surface area contributed by atoms with Crippen LogP contribution in [0.2, 0.25) is 0 Å². The number of amides is 1. The van der Waals surface area contributed by atoms with Crippen molar-refractivity contribution in [2.45, 2.75) is 38.5 Å². The predicted molar refractivity (Wildman–Crippen MR) is 65.6 cm³/mol. The number of carbonyl (C=O) groups excluding carboxylic acids is 1. The van der Waals surface area contributed by atoms with Gasteiger partial charge in [-0.3, -0.25) is 4.79 Å². The lowest BCUT2D eigenvalue weighted by atomic mass is 9.94. The van der Waals surface area contributed by atoms with E-state index in [-0.39, 0.29) is 5.91 Å². The molecule has 0 spiro atoms. The Morgan fingerprint density at radius 1 is 1.38 bits per heavy atom. The van der Waals surface area contributed by atoms with Crippen molar-refractivity contribution in [1.82, 2.24) is 5.32 Å². The van der Waals surface area contributed by atoms with Gasteiger partial charge in [0, 0.05) is 13.5 Å². The SMILES string of the molecule is CNC(=O)CC(C)c1ccc2c(c1)CCC2. The maximum absolute atomic E-state index is 11.3. The molecule has 2 nitrogen and oxygen atoms in total. The first-order valence-corrected chi connectivity index (χ1v) is 6.03. The van der Waals surface area contributed by atoms with Crippen LogP contribution in [0.15, 0.2) is 18.2 Å². The minimum Gasteiger partial charge on any atom is -0.359 e. The monoisotopic (exact) mass is 217 g/mol. The van der Waals surface area contributed by atoms with Gasteiger partial charge in [-0.1, -0.05) is 25.1 Å². The number of carbonyl (C=O) groups is 1. The third-order valence-electron chi connectivity index (χ3n) is 3.46. The minimum absolute atomic E-state index is 0.119. The van der Waals surface area contributed by atoms with E-state index in [9.17, 15) is 4.79 Å². The first kappa shape index (κ1) is 11.2. The van der Waals surface area contributed by atoms with Gasteiger partial charge in [-0.15, -0.1) is 0 Å². The number of hydrogen-bond acceptors (Lipinski definition) is 1. The second kappa shape index (κ2) is 4.69. The molecule has 0 saturated carbocycles. The molecule has 0 fully saturated rings. The van der Waals surface area contributed by atoms with Crippen LogP contribution in [0, 0.1) is 0 Å². The van der Waals surface area contributed by atoms with Crippen molar-refractivity contribution in [2.24, 2.45) is 0 Å². The third-order valence-corrected chi connectivity index (χ3v) is 3.46. The molecule has 1 unspecified atom stereocenters. The molecule has 2 heteroatoms. The van der Waals surface area contributed by atoms with Gasteiger partial charge in [-0.2, -0.15) is 0 Å². The van der Waals surface area contributed by atoms with Crippen molar-refractivity contribution in [3.05, 3.63) is 34.9 Å². The predicted octanol–water partition coefficient (Wildman–Crippen LogP) is 2.41. The maximum atomic E-state index is 11.3. The Morgan fingerprint density at radius 3 is 2.88 bits per heavy atom. The van der Waals surface area contributed by atoms with Gasteiger partial charge < -0.3 is 5.32 Å². The van der Waals surface area contributed by atoms with Crippen molar-refractivity contribution in [2.75, 3.05) is 7.05 Å². The zero-order valence-electron chi connectivity index (χ0n) is 10.0. The Bertz CT molecular complexity index is 398. The van der Waals surface area contributed by atoms with Crippen molar-refractivity contribution < 1.29 is 4.79 Å². The van der Waals surface area contributed by atoms with E-state index >= 15 is 0 Å². The van der Waals surface area contributed by atoms with Crippen LogP contribution in [0.4, 0.5) is 0 Å². The van der Waals surface area contributed by atoms with Crippen LogP contribution in [-0.2, 0) is 17.6 Å². The van der Waals surface area contributed by atoms with Gasteiger partial charge in [0.25, 0.3) is 0 Å². The molecule has 1 aliphatic rings. The minimum atomic E-state index is 0.119. The summed E-state index contributed by atoms with van der Waals surface area (Å²) in [5, 5.41) is 2.68. The van der Waals surface area contributed by atoms with Crippen LogP contribution in [-0.4, -0.2) is 13.0 Å². The van der Waals surface area contributed by atoms with E-state index in [0.29, 0.717) is 12.3 Å². The van der Waals surface area contributed by atoms with Crippen LogP contribution >= 0.6 is 0 Å². The molecule has 0 aliphatic heterocycles. The molecule has 1 aromatic rings. The molecule has 16 heavy (non-hydrogen) atoms. The number of benzene rings is 1. The number of aryl methyl sites for hydroxylation is 2. The van der Waals surface area contributed by atoms with Gasteiger partial charge >= 0.3 is 0 Å². The highest BCUT2D eigenvalue weighted by Crippen LogP contribution is 2.27. The Balaban J connectivity index is 2.12. The average Bonchev–Trinajstić information content (AvgIpc) is 2.75. The second-order valence-electron chi connectivity index (χ2n) is 4.66. The summed E-state index contributed by atoms with van der Waals surface area (Å²) in [6.45, 7) is 2.12. The zero-order chi connectivity index (χ0) is 11.5. The van der Waals surface area contributed by atoms with Crippen molar-refractivity contribution in [3.8, 4) is 0 Å². The Kier molecular flexibility index (Phi) is 3.28. The summed E-state index contributed by atoms with van der Waals surface area (Å²) >= 11 is 0. The van der Waals surface area contributed by atoms with E-state index in [2.05, 4.69) is 30.4 Å². The number of fused-ring (bicyclic) bond motifs is 1. The highest BCUT2D eigenvalue weighted by molar-refractivity contribution is 5.76. The highest BCUT2D eigenvalue weighted by atomic mass is 16.1. The molecule has 86 valence electrons. The molecule has 0 saturated heterocycles. The molecule has 0 bridgehead atoms. The lowest BCUT2D eigenvalue weighted by molar-refractivity contribution is -0.120. The summed E-state index contributed by atoms with van der Waals surface area (Å²) in [6.07, 6.45) is 4.28. The quantitative estimate of drug-likeness (QED) is 0.827. The van der Waals surface area contributed by atoms with E-state index in [1.807, 2.05) is 0 Å². The lowest BCUT2D eigenvalue weighted by Crippen LogP contribution is -2.19. The molecule has 2 rings (SSSR count). The third kappa shape index (κ3) is 2.26. The summed E-state index contributed by atoms with van der Waals surface area (Å²) < 4.78 is 0. The molecular weight excluding hydrogens is 198 g/mol. The number of nitrogens with one attached hydrogen (secondary N) is 1. The summed E-state index contributed by atoms with van der Waals surface area (Å²) in [4.78, 5) is 11.3. The molecule has 1 atom stereocenters. The first-order chi connectivity index (χ1) is 7.70. The van der Waals surface area contributed by atoms with Gasteiger partial charge in [-0.25, -0.2) is 0 Å². The molecule has 1 N–H and O–H groups in total. The standard InChI is InChI=1S/C14H19NO/c1-10(8-14(16)15-2)12-7-6-11-4-3-5-13(11)9-12/h6-7,9-10H,3-5,8H2,1-2H3,(H,15,16). The average molecular weight is 217 g/mol. The molecular formula is C14H19NO. The number of hydrogen-bond donors (Lipinski definition) is 1. The van der Waals surface area contributed by atoms with E-state index in [1.165, 1.54) is 36.0 Å². The topological polar surface area (TPSA) is 29.1 Å². The van der Waals surface area contributed by atoms with Gasteiger partial charge in [0.15, 0.2) is 0 Å². The van der Waals surface area contributed by atoms with Crippen molar-refractivity contribution in [1.29, 1.82) is 0 Å². The van der Waals surface area contributed by atoms with E-state index < -0.39 is 0 Å². The zero-order valence-corrected chi connectivity index (χ0v) is 10.0. The molecule has 1 amide bonds. The fourth-order valence-electron chi connectivity index (χ4n) is 2.40. The van der Waals surface area contributed by atoms with Gasteiger partial charge in [0.05, 0.1) is 0 Å². The van der Waals surface area contributed by atoms with E-state index in [4.69, 9.17) is 0 Å². The summed E-state index contributed by atoms with van der Waals surface area (Å²) in [5.41, 5.74) is 4.28. The Labute approximate surface area is 97.1 Å². The largest absolute Gasteiger partial charge is 0.359 e. The molecule has 0 aromatic heterocycles. The summed E-state index contributed by atoms with van der Waals surface area (Å²) in [5.74, 6) is 0.429. The van der Waals surface area contributed by atoms with Crippen molar-refractivity contribution in [3.63, 3.8) is 0 Å². The smallest absolute Gasteiger partial charge is 0.220 e. The van der Waals surface area contributed by atoms with Crippen LogP contribution in [0.5, 0.6) is 0 Å². The van der Waals surface area contributed by atoms with Crippen LogP contribution < -0.4 is 5.32 Å². The van der Waals surface area contributed by atoms with Crippen LogP contribution in [0.3, 0.4) is 0 Å². The molecule has 1 aromatic carbocycles. The van der Waals surface area contributed by atoms with Gasteiger partial charge in [0.2, 0.25) is 5.91 Å². The molecule has 0 heterocycles. The van der Waals surface area contributed by atoms with Gasteiger partial charge in [-0.05, 0) is 41.9 Å². The van der Waals surface area contributed by atoms with E-state index in [1.54, 1.807) is 7.05 Å². The Morgan fingerprint density at radius 2 is 2.12 bits per heavy atom. The summed E-state index contributed by atoms with van der Waals surface area (Å²) in [6, 6.07) is 6.70. The van der Waals surface area contributed by atoms with Crippen molar-refractivity contribution >= 4 is 5.91 Å². The number of rotatable bonds is 3.